The van der Waals surface area contributed by atoms with Crippen LogP contribution in [-0.4, -0.2) is 9.13 Å². The molecule has 2 aromatic heterocycles. The molecule has 10 rings (SSSR count). The molecule has 0 amide bonds. The second-order valence-corrected chi connectivity index (χ2v) is 15.4. The number of fused-ring (bicyclic) bond motifs is 6. The molecular formula is C52H34F6N2. The lowest BCUT2D eigenvalue weighted by molar-refractivity contribution is -0.138. The fourth-order valence-electron chi connectivity index (χ4n) is 8.66. The summed E-state index contributed by atoms with van der Waals surface area (Å²) in [5.41, 5.74) is 7.34. The molecule has 0 spiro atoms. The van der Waals surface area contributed by atoms with Crippen molar-refractivity contribution in [2.24, 2.45) is 0 Å². The van der Waals surface area contributed by atoms with Crippen LogP contribution in [0.5, 0.6) is 0 Å². The van der Waals surface area contributed by atoms with E-state index in [1.54, 1.807) is 0 Å². The molecule has 10 aromatic rings. The molecular weight excluding hydrogens is 767 g/mol. The first-order valence-corrected chi connectivity index (χ1v) is 19.5. The maximum atomic E-state index is 14.8. The lowest BCUT2D eigenvalue weighted by Crippen LogP contribution is -2.10. The summed E-state index contributed by atoms with van der Waals surface area (Å²) >= 11 is 0. The average Bonchev–Trinajstić information content (AvgIpc) is 3.74. The van der Waals surface area contributed by atoms with E-state index in [4.69, 9.17) is 0 Å². The van der Waals surface area contributed by atoms with Crippen molar-refractivity contribution < 1.29 is 26.3 Å². The van der Waals surface area contributed by atoms with Crippen molar-refractivity contribution in [2.75, 3.05) is 0 Å². The van der Waals surface area contributed by atoms with Crippen LogP contribution in [-0.2, 0) is 12.4 Å². The van der Waals surface area contributed by atoms with Crippen LogP contribution in [0.2, 0.25) is 0 Å². The minimum absolute atomic E-state index is 0.000420. The predicted molar refractivity (Wildman–Crippen MR) is 231 cm³/mol. The molecule has 0 saturated heterocycles. The number of benzene rings is 8. The molecule has 0 atom stereocenters. The van der Waals surface area contributed by atoms with Crippen LogP contribution < -0.4 is 0 Å². The van der Waals surface area contributed by atoms with E-state index in [-0.39, 0.29) is 11.1 Å². The number of halogens is 6. The van der Waals surface area contributed by atoms with Gasteiger partial charge in [-0.2, -0.15) is 26.3 Å². The third-order valence-corrected chi connectivity index (χ3v) is 11.5. The molecule has 0 unspecified atom stereocenters. The lowest BCUT2D eigenvalue weighted by atomic mass is 9.96. The minimum Gasteiger partial charge on any atom is -0.309 e. The Labute approximate surface area is 341 Å². The van der Waals surface area contributed by atoms with Crippen LogP contribution >= 0.6 is 0 Å². The van der Waals surface area contributed by atoms with Crippen LogP contribution in [0, 0.1) is 13.8 Å². The molecule has 0 saturated carbocycles. The van der Waals surface area contributed by atoms with Crippen LogP contribution in [0.15, 0.2) is 170 Å². The van der Waals surface area contributed by atoms with E-state index >= 15 is 0 Å². The van der Waals surface area contributed by atoms with Gasteiger partial charge in [-0.25, -0.2) is 0 Å². The lowest BCUT2D eigenvalue weighted by Gasteiger charge is -2.21. The third kappa shape index (κ3) is 6.22. The summed E-state index contributed by atoms with van der Waals surface area (Å²) in [6.07, 6.45) is -9.56. The second-order valence-electron chi connectivity index (χ2n) is 15.4. The second kappa shape index (κ2) is 13.8. The van der Waals surface area contributed by atoms with E-state index in [1.807, 2.05) is 144 Å². The molecule has 2 nitrogen and oxygen atoms in total. The van der Waals surface area contributed by atoms with Gasteiger partial charge in [-0.05, 0) is 121 Å². The first-order valence-electron chi connectivity index (χ1n) is 19.5. The van der Waals surface area contributed by atoms with Gasteiger partial charge in [0.25, 0.3) is 0 Å². The predicted octanol–water partition coefficient (Wildman–Crippen LogP) is 15.5. The topological polar surface area (TPSA) is 9.86 Å². The highest BCUT2D eigenvalue weighted by atomic mass is 19.4. The molecule has 0 radical (unpaired) electrons. The quantitative estimate of drug-likeness (QED) is 0.153. The molecule has 0 aliphatic heterocycles. The van der Waals surface area contributed by atoms with Crippen molar-refractivity contribution >= 4 is 43.6 Å². The zero-order valence-corrected chi connectivity index (χ0v) is 32.3. The summed E-state index contributed by atoms with van der Waals surface area (Å²) in [7, 11) is 0. The third-order valence-electron chi connectivity index (χ3n) is 11.5. The highest BCUT2D eigenvalue weighted by molar-refractivity contribution is 6.13. The molecule has 8 heteroatoms. The fraction of sp³-hybridized carbons (Fsp3) is 0.0769. The van der Waals surface area contributed by atoms with Crippen LogP contribution in [0.1, 0.15) is 22.3 Å². The van der Waals surface area contributed by atoms with E-state index in [0.717, 1.165) is 79.2 Å². The standard InChI is InChI=1S/C52H34F6N2/c1-31-13-19-45-39(25-31)41-27-35(33-9-5-3-6-10-33)15-21-47(41)59(45)49-23-17-37(51(53,54)55)29-43(49)44-30-38(52(56,57)58)18-24-50(44)60-46-20-14-32(2)26-40(46)42-28-36(16-22-48(42)60)34-11-7-4-8-12-34/h3-30H,1-2H3. The number of nitrogens with zero attached hydrogens (tertiary/aromatic N) is 2. The van der Waals surface area contributed by atoms with Crippen molar-refractivity contribution in [1.29, 1.82) is 0 Å². The maximum Gasteiger partial charge on any atom is 0.416 e. The smallest absolute Gasteiger partial charge is 0.309 e. The molecule has 0 aliphatic carbocycles. The van der Waals surface area contributed by atoms with Gasteiger partial charge in [0.1, 0.15) is 0 Å². The van der Waals surface area contributed by atoms with Gasteiger partial charge in [0.15, 0.2) is 0 Å². The Morgan fingerprint density at radius 1 is 0.333 bits per heavy atom. The Bertz CT molecular complexity index is 3080. The van der Waals surface area contributed by atoms with Crippen molar-refractivity contribution in [3.63, 3.8) is 0 Å². The number of rotatable bonds is 5. The normalized spacial score (nSPS) is 12.3. The summed E-state index contributed by atoms with van der Waals surface area (Å²) in [5.74, 6) is 0. The fourth-order valence-corrected chi connectivity index (χ4v) is 8.66. The van der Waals surface area contributed by atoms with Crippen LogP contribution in [0.4, 0.5) is 26.3 Å². The summed E-state index contributed by atoms with van der Waals surface area (Å²) in [6.45, 7) is 3.94. The first-order chi connectivity index (χ1) is 28.8. The Morgan fingerprint density at radius 3 is 1.05 bits per heavy atom. The van der Waals surface area contributed by atoms with Gasteiger partial charge in [-0.1, -0.05) is 96.1 Å². The molecule has 0 fully saturated rings. The molecule has 0 aliphatic rings. The molecule has 0 bridgehead atoms. The van der Waals surface area contributed by atoms with Gasteiger partial charge >= 0.3 is 12.4 Å². The maximum absolute atomic E-state index is 14.8. The Morgan fingerprint density at radius 2 is 0.683 bits per heavy atom. The van der Waals surface area contributed by atoms with Gasteiger partial charge in [-0.15, -0.1) is 0 Å². The van der Waals surface area contributed by atoms with Crippen molar-refractivity contribution in [2.45, 2.75) is 26.2 Å². The number of hydrogen-bond acceptors (Lipinski definition) is 0. The summed E-state index contributed by atoms with van der Waals surface area (Å²) in [6, 6.07) is 50.1. The van der Waals surface area contributed by atoms with Gasteiger partial charge in [0.05, 0.1) is 44.6 Å². The largest absolute Gasteiger partial charge is 0.416 e. The monoisotopic (exact) mass is 800 g/mol. The summed E-state index contributed by atoms with van der Waals surface area (Å²) < 4.78 is 92.5. The average molecular weight is 801 g/mol. The van der Waals surface area contributed by atoms with E-state index in [1.165, 1.54) is 12.1 Å². The van der Waals surface area contributed by atoms with Crippen LogP contribution in [0.25, 0.3) is 88.4 Å². The van der Waals surface area contributed by atoms with Crippen molar-refractivity contribution in [3.8, 4) is 44.8 Å². The molecule has 0 N–H and O–H groups in total. The number of alkyl halides is 6. The Balaban J connectivity index is 1.31. The minimum atomic E-state index is -4.78. The van der Waals surface area contributed by atoms with E-state index in [2.05, 4.69) is 12.1 Å². The highest BCUT2D eigenvalue weighted by Crippen LogP contribution is 2.46. The SMILES string of the molecule is Cc1ccc2c(c1)c1cc(-c3ccccc3)ccc1n2-c1ccc(C(F)(F)F)cc1-c1cc(C(F)(F)F)ccc1-n1c2ccc(C)cc2c2cc(-c3ccccc3)ccc21. The molecule has 8 aromatic carbocycles. The van der Waals surface area contributed by atoms with Gasteiger partial charge in [0.2, 0.25) is 0 Å². The number of hydrogen-bond donors (Lipinski definition) is 0. The van der Waals surface area contributed by atoms with Gasteiger partial charge < -0.3 is 9.13 Å². The Hall–Kier alpha value is -7.06. The van der Waals surface area contributed by atoms with E-state index in [9.17, 15) is 26.3 Å². The van der Waals surface area contributed by atoms with Crippen LogP contribution in [0.3, 0.4) is 0 Å². The Kier molecular flexibility index (Phi) is 8.54. The molecule has 2 heterocycles. The number of aryl methyl sites for hydroxylation is 2. The summed E-state index contributed by atoms with van der Waals surface area (Å²) in [4.78, 5) is 0. The summed E-state index contributed by atoms with van der Waals surface area (Å²) in [5, 5.41) is 3.45. The molecule has 294 valence electrons. The van der Waals surface area contributed by atoms with E-state index in [0.29, 0.717) is 33.4 Å². The number of aromatic nitrogens is 2. The van der Waals surface area contributed by atoms with Crippen molar-refractivity contribution in [1.82, 2.24) is 9.13 Å². The highest BCUT2D eigenvalue weighted by Gasteiger charge is 2.35. The zero-order chi connectivity index (χ0) is 41.5. The van der Waals surface area contributed by atoms with Gasteiger partial charge in [0, 0.05) is 32.7 Å². The first kappa shape index (κ1) is 37.2. The van der Waals surface area contributed by atoms with Crippen molar-refractivity contribution in [3.05, 3.63) is 192 Å². The van der Waals surface area contributed by atoms with Gasteiger partial charge in [-0.3, -0.25) is 0 Å². The van der Waals surface area contributed by atoms with E-state index < -0.39 is 23.5 Å². The molecule has 60 heavy (non-hydrogen) atoms. The zero-order valence-electron chi connectivity index (χ0n) is 32.3.